The van der Waals surface area contributed by atoms with Crippen LogP contribution in [0.3, 0.4) is 0 Å². The molecule has 1 saturated heterocycles. The number of hydrogen-bond acceptors (Lipinski definition) is 3. The van der Waals surface area contributed by atoms with Crippen LogP contribution in [0.25, 0.3) is 6.08 Å². The number of urea groups is 1. The Hall–Kier alpha value is -2.50. The summed E-state index contributed by atoms with van der Waals surface area (Å²) >= 11 is 12.0. The Morgan fingerprint density at radius 1 is 1.12 bits per heavy atom. The van der Waals surface area contributed by atoms with Crippen LogP contribution in [-0.2, 0) is 11.3 Å². The van der Waals surface area contributed by atoms with Crippen LogP contribution in [-0.4, -0.2) is 28.9 Å². The zero-order valence-corrected chi connectivity index (χ0v) is 20.2. The first-order valence-electron chi connectivity index (χ1n) is 10.8. The number of carbonyl (C=O) groups excluding carboxylic acids is 2. The van der Waals surface area contributed by atoms with Crippen molar-refractivity contribution in [3.8, 4) is 0 Å². The molecule has 4 rings (SSSR count). The predicted octanol–water partition coefficient (Wildman–Crippen LogP) is 6.20. The fraction of sp³-hybridized carbons (Fsp3) is 0.360. The lowest BCUT2D eigenvalue weighted by molar-refractivity contribution is -0.123. The summed E-state index contributed by atoms with van der Waals surface area (Å²) in [6.07, 6.45) is 2.80. The molecule has 1 unspecified atom stereocenters. The van der Waals surface area contributed by atoms with E-state index in [0.717, 1.165) is 24.1 Å². The summed E-state index contributed by atoms with van der Waals surface area (Å²) < 4.78 is 0. The van der Waals surface area contributed by atoms with Crippen LogP contribution in [0.2, 0.25) is 10.0 Å². The minimum absolute atomic E-state index is 0.0988. The van der Waals surface area contributed by atoms with Gasteiger partial charge in [0.25, 0.3) is 5.91 Å². The van der Waals surface area contributed by atoms with E-state index in [4.69, 9.17) is 23.2 Å². The van der Waals surface area contributed by atoms with E-state index in [-0.39, 0.29) is 23.7 Å². The minimum Gasteiger partial charge on any atom is -0.366 e. The highest BCUT2D eigenvalue weighted by molar-refractivity contribution is 6.42. The second-order valence-electron chi connectivity index (χ2n) is 9.11. The third-order valence-corrected chi connectivity index (χ3v) is 7.06. The van der Waals surface area contributed by atoms with Crippen LogP contribution in [0.5, 0.6) is 0 Å². The standard InChI is InChI=1S/C25H27Cl2N3O2/c1-5-30-22-9-7-16(10-18(22)15(2)13-25(30,3)4)12-21-23(31)29(24(32)28-21)14-17-6-8-19(26)20(27)11-17/h6-12,15H,5,13-14H2,1-4H3,(H,28,32)/b21-12+. The van der Waals surface area contributed by atoms with Crippen molar-refractivity contribution in [2.75, 3.05) is 11.4 Å². The van der Waals surface area contributed by atoms with E-state index < -0.39 is 6.03 Å². The first-order valence-corrected chi connectivity index (χ1v) is 11.6. The van der Waals surface area contributed by atoms with Crippen LogP contribution >= 0.6 is 23.2 Å². The number of hydrogen-bond donors (Lipinski definition) is 1. The van der Waals surface area contributed by atoms with Gasteiger partial charge in [-0.25, -0.2) is 4.79 Å². The van der Waals surface area contributed by atoms with Crippen molar-refractivity contribution >= 4 is 46.9 Å². The lowest BCUT2D eigenvalue weighted by Crippen LogP contribution is -2.48. The van der Waals surface area contributed by atoms with Gasteiger partial charge in [-0.15, -0.1) is 0 Å². The molecular formula is C25H27Cl2N3O2. The van der Waals surface area contributed by atoms with E-state index in [1.54, 1.807) is 24.3 Å². The molecule has 0 aromatic heterocycles. The molecular weight excluding hydrogens is 445 g/mol. The van der Waals surface area contributed by atoms with Crippen LogP contribution < -0.4 is 10.2 Å². The highest BCUT2D eigenvalue weighted by Gasteiger charge is 2.36. The summed E-state index contributed by atoms with van der Waals surface area (Å²) in [5, 5.41) is 3.52. The monoisotopic (exact) mass is 471 g/mol. The second-order valence-corrected chi connectivity index (χ2v) is 9.92. The SMILES string of the molecule is CCN1c2ccc(/C=C3/NC(=O)N(Cc4ccc(Cl)c(Cl)c4)C3=O)cc2C(C)CC1(C)C. The number of halogens is 2. The summed E-state index contributed by atoms with van der Waals surface area (Å²) in [4.78, 5) is 29.0. The van der Waals surface area contributed by atoms with E-state index in [9.17, 15) is 9.59 Å². The number of fused-ring (bicyclic) bond motifs is 1. The van der Waals surface area contributed by atoms with Gasteiger partial charge in [-0.3, -0.25) is 9.69 Å². The van der Waals surface area contributed by atoms with Crippen molar-refractivity contribution in [3.05, 3.63) is 68.8 Å². The molecule has 1 N–H and O–H groups in total. The third kappa shape index (κ3) is 4.12. The Balaban J connectivity index is 1.59. The Labute approximate surface area is 199 Å². The van der Waals surface area contributed by atoms with Crippen molar-refractivity contribution in [2.24, 2.45) is 0 Å². The molecule has 168 valence electrons. The molecule has 0 saturated carbocycles. The molecule has 1 fully saturated rings. The van der Waals surface area contributed by atoms with Gasteiger partial charge in [-0.05, 0) is 80.1 Å². The number of imide groups is 1. The van der Waals surface area contributed by atoms with E-state index in [0.29, 0.717) is 16.0 Å². The largest absolute Gasteiger partial charge is 0.366 e. The molecule has 5 nitrogen and oxygen atoms in total. The topological polar surface area (TPSA) is 52.7 Å². The van der Waals surface area contributed by atoms with Crippen LogP contribution in [0.1, 0.15) is 56.7 Å². The van der Waals surface area contributed by atoms with E-state index in [1.165, 1.54) is 16.2 Å². The Morgan fingerprint density at radius 2 is 1.88 bits per heavy atom. The molecule has 2 aromatic carbocycles. The van der Waals surface area contributed by atoms with Crippen LogP contribution in [0.15, 0.2) is 42.1 Å². The van der Waals surface area contributed by atoms with Crippen molar-refractivity contribution in [2.45, 2.75) is 52.1 Å². The van der Waals surface area contributed by atoms with Crippen molar-refractivity contribution in [3.63, 3.8) is 0 Å². The maximum Gasteiger partial charge on any atom is 0.329 e. The molecule has 0 radical (unpaired) electrons. The molecule has 32 heavy (non-hydrogen) atoms. The highest BCUT2D eigenvalue weighted by Crippen LogP contribution is 2.43. The van der Waals surface area contributed by atoms with Crippen molar-refractivity contribution in [1.29, 1.82) is 0 Å². The summed E-state index contributed by atoms with van der Waals surface area (Å²) in [7, 11) is 0. The first-order chi connectivity index (χ1) is 15.1. The van der Waals surface area contributed by atoms with Gasteiger partial charge in [0.15, 0.2) is 0 Å². The average molecular weight is 472 g/mol. The molecule has 7 heteroatoms. The maximum atomic E-state index is 12.9. The Kier molecular flexibility index (Phi) is 5.99. The zero-order valence-electron chi connectivity index (χ0n) is 18.7. The quantitative estimate of drug-likeness (QED) is 0.426. The van der Waals surface area contributed by atoms with Crippen molar-refractivity contribution in [1.82, 2.24) is 10.2 Å². The third-order valence-electron chi connectivity index (χ3n) is 6.32. The highest BCUT2D eigenvalue weighted by atomic mass is 35.5. The summed E-state index contributed by atoms with van der Waals surface area (Å²) in [5.74, 6) is 0.0457. The molecule has 0 bridgehead atoms. The number of rotatable bonds is 4. The van der Waals surface area contributed by atoms with Gasteiger partial charge in [0.05, 0.1) is 16.6 Å². The smallest absolute Gasteiger partial charge is 0.329 e. The summed E-state index contributed by atoms with van der Waals surface area (Å²) in [6, 6.07) is 10.9. The Bertz CT molecular complexity index is 1130. The molecule has 0 aliphatic carbocycles. The minimum atomic E-state index is -0.447. The lowest BCUT2D eigenvalue weighted by Gasteiger charge is -2.47. The van der Waals surface area contributed by atoms with Gasteiger partial charge in [0.2, 0.25) is 0 Å². The summed E-state index contributed by atoms with van der Waals surface area (Å²) in [6.45, 7) is 10.0. The molecule has 0 spiro atoms. The number of nitrogens with zero attached hydrogens (tertiary/aromatic N) is 2. The number of nitrogens with one attached hydrogen (secondary N) is 1. The van der Waals surface area contributed by atoms with Crippen LogP contribution in [0, 0.1) is 0 Å². The lowest BCUT2D eigenvalue weighted by atomic mass is 9.79. The molecule has 2 heterocycles. The maximum absolute atomic E-state index is 12.9. The fourth-order valence-electron chi connectivity index (χ4n) is 4.90. The van der Waals surface area contributed by atoms with Gasteiger partial charge < -0.3 is 10.2 Å². The molecule has 3 amide bonds. The molecule has 2 aromatic rings. The van der Waals surface area contributed by atoms with E-state index in [2.05, 4.69) is 50.0 Å². The number of benzene rings is 2. The number of amides is 3. The fourth-order valence-corrected chi connectivity index (χ4v) is 5.22. The van der Waals surface area contributed by atoms with Gasteiger partial charge in [0, 0.05) is 17.8 Å². The van der Waals surface area contributed by atoms with E-state index >= 15 is 0 Å². The normalized spacial score (nSPS) is 21.2. The van der Waals surface area contributed by atoms with Crippen molar-refractivity contribution < 1.29 is 9.59 Å². The molecule has 2 aliphatic rings. The Morgan fingerprint density at radius 3 is 2.56 bits per heavy atom. The number of carbonyl (C=O) groups is 2. The van der Waals surface area contributed by atoms with Crippen LogP contribution in [0.4, 0.5) is 10.5 Å². The predicted molar refractivity (Wildman–Crippen MR) is 130 cm³/mol. The molecule has 1 atom stereocenters. The van der Waals surface area contributed by atoms with Gasteiger partial charge in [-0.2, -0.15) is 0 Å². The second kappa shape index (κ2) is 8.45. The zero-order chi connectivity index (χ0) is 23.2. The number of anilines is 1. The van der Waals surface area contributed by atoms with Gasteiger partial charge >= 0.3 is 6.03 Å². The molecule has 2 aliphatic heterocycles. The van der Waals surface area contributed by atoms with Gasteiger partial charge in [0.1, 0.15) is 5.70 Å². The van der Waals surface area contributed by atoms with E-state index in [1.807, 2.05) is 6.07 Å². The first kappa shape index (κ1) is 22.7. The summed E-state index contributed by atoms with van der Waals surface area (Å²) in [5.41, 5.74) is 4.50. The van der Waals surface area contributed by atoms with Gasteiger partial charge in [-0.1, -0.05) is 42.3 Å². The average Bonchev–Trinajstić information content (AvgIpc) is 2.98.